The first-order valence-corrected chi connectivity index (χ1v) is 8.99. The Labute approximate surface area is 129 Å². The number of amides is 1. The second kappa shape index (κ2) is 6.66. The first-order valence-electron chi connectivity index (χ1n) is 8.99. The molecule has 0 spiro atoms. The van der Waals surface area contributed by atoms with Crippen LogP contribution < -0.4 is 5.73 Å². The van der Waals surface area contributed by atoms with Gasteiger partial charge in [-0.25, -0.2) is 0 Å². The highest BCUT2D eigenvalue weighted by atomic mass is 16.2. The molecule has 1 heterocycles. The first-order chi connectivity index (χ1) is 10.3. The number of nitrogens with zero attached hydrogens (tertiary/aromatic N) is 2. The molecule has 1 amide bonds. The molecule has 21 heavy (non-hydrogen) atoms. The minimum Gasteiger partial charge on any atom is -0.340 e. The average Bonchev–Trinajstić information content (AvgIpc) is 3.26. The van der Waals surface area contributed by atoms with Crippen LogP contribution in [-0.2, 0) is 4.79 Å². The Morgan fingerprint density at radius 1 is 1.14 bits per heavy atom. The summed E-state index contributed by atoms with van der Waals surface area (Å²) in [5, 5.41) is 0. The van der Waals surface area contributed by atoms with Gasteiger partial charge in [-0.3, -0.25) is 9.69 Å². The van der Waals surface area contributed by atoms with Gasteiger partial charge in [0.05, 0.1) is 0 Å². The van der Waals surface area contributed by atoms with E-state index in [2.05, 4.69) is 16.7 Å². The topological polar surface area (TPSA) is 49.6 Å². The van der Waals surface area contributed by atoms with Gasteiger partial charge in [0, 0.05) is 44.7 Å². The molecule has 0 radical (unpaired) electrons. The molecular formula is C17H31N3O. The van der Waals surface area contributed by atoms with Crippen LogP contribution in [0.5, 0.6) is 0 Å². The van der Waals surface area contributed by atoms with E-state index in [4.69, 9.17) is 5.73 Å². The van der Waals surface area contributed by atoms with Crippen molar-refractivity contribution in [1.82, 2.24) is 9.80 Å². The zero-order valence-corrected chi connectivity index (χ0v) is 13.5. The van der Waals surface area contributed by atoms with Gasteiger partial charge in [0.15, 0.2) is 0 Å². The fraction of sp³-hybridized carbons (Fsp3) is 0.941. The molecule has 0 aromatic rings. The molecular weight excluding hydrogens is 262 g/mol. The van der Waals surface area contributed by atoms with Crippen molar-refractivity contribution >= 4 is 5.91 Å². The lowest BCUT2D eigenvalue weighted by atomic mass is 10.0. The van der Waals surface area contributed by atoms with Gasteiger partial charge in [0.1, 0.15) is 0 Å². The molecule has 4 heteroatoms. The Kier molecular flexibility index (Phi) is 4.85. The molecule has 120 valence electrons. The fourth-order valence-corrected chi connectivity index (χ4v) is 4.66. The van der Waals surface area contributed by atoms with E-state index in [1.165, 1.54) is 38.5 Å². The molecule has 3 fully saturated rings. The molecule has 3 unspecified atom stereocenters. The monoisotopic (exact) mass is 293 g/mol. The lowest BCUT2D eigenvalue weighted by Gasteiger charge is -2.39. The van der Waals surface area contributed by atoms with Gasteiger partial charge in [0.2, 0.25) is 5.91 Å². The molecule has 3 rings (SSSR count). The maximum absolute atomic E-state index is 12.7. The standard InChI is InChI=1S/C17H31N3O/c1-2-5-13(12-18)19-8-10-20(11-9-19)17(21)16-14-6-3-4-7-15(14)16/h13-16H,2-12,18H2,1H3. The third-order valence-electron chi connectivity index (χ3n) is 5.98. The highest BCUT2D eigenvalue weighted by Gasteiger charge is 2.55. The molecule has 1 aliphatic heterocycles. The Morgan fingerprint density at radius 2 is 1.76 bits per heavy atom. The quantitative estimate of drug-likeness (QED) is 0.839. The number of hydrogen-bond donors (Lipinski definition) is 1. The summed E-state index contributed by atoms with van der Waals surface area (Å²) in [6.45, 7) is 6.81. The van der Waals surface area contributed by atoms with Crippen LogP contribution in [0.15, 0.2) is 0 Å². The van der Waals surface area contributed by atoms with Gasteiger partial charge in [-0.05, 0) is 31.1 Å². The number of piperazine rings is 1. The smallest absolute Gasteiger partial charge is 0.226 e. The lowest BCUT2D eigenvalue weighted by molar-refractivity contribution is -0.135. The molecule has 0 aromatic carbocycles. The van der Waals surface area contributed by atoms with Gasteiger partial charge in [0.25, 0.3) is 0 Å². The van der Waals surface area contributed by atoms with Crippen LogP contribution in [0.1, 0.15) is 45.4 Å². The number of hydrogen-bond acceptors (Lipinski definition) is 3. The molecule has 4 nitrogen and oxygen atoms in total. The Hall–Kier alpha value is -0.610. The van der Waals surface area contributed by atoms with Crippen molar-refractivity contribution in [3.8, 4) is 0 Å². The minimum absolute atomic E-state index is 0.389. The molecule has 3 aliphatic rings. The number of rotatable bonds is 5. The van der Waals surface area contributed by atoms with E-state index >= 15 is 0 Å². The van der Waals surface area contributed by atoms with Crippen LogP contribution in [0.25, 0.3) is 0 Å². The second-order valence-corrected chi connectivity index (χ2v) is 7.18. The third-order valence-corrected chi connectivity index (χ3v) is 5.98. The van der Waals surface area contributed by atoms with E-state index in [1.807, 2.05) is 0 Å². The molecule has 2 N–H and O–H groups in total. The third kappa shape index (κ3) is 3.11. The van der Waals surface area contributed by atoms with Crippen LogP contribution in [0, 0.1) is 17.8 Å². The van der Waals surface area contributed by atoms with Gasteiger partial charge in [-0.2, -0.15) is 0 Å². The molecule has 0 bridgehead atoms. The lowest BCUT2D eigenvalue weighted by Crippen LogP contribution is -2.54. The summed E-state index contributed by atoms with van der Waals surface area (Å²) in [6, 6.07) is 0.510. The van der Waals surface area contributed by atoms with E-state index in [1.54, 1.807) is 0 Å². The van der Waals surface area contributed by atoms with Gasteiger partial charge in [-0.15, -0.1) is 0 Å². The number of fused-ring (bicyclic) bond motifs is 1. The van der Waals surface area contributed by atoms with Gasteiger partial charge >= 0.3 is 0 Å². The Morgan fingerprint density at radius 3 is 2.29 bits per heavy atom. The Balaban J connectivity index is 1.48. The molecule has 2 saturated carbocycles. The normalized spacial score (nSPS) is 34.4. The number of nitrogens with two attached hydrogens (primary N) is 1. The van der Waals surface area contributed by atoms with Gasteiger partial charge < -0.3 is 10.6 Å². The summed E-state index contributed by atoms with van der Waals surface area (Å²) in [5.74, 6) is 2.33. The predicted molar refractivity (Wildman–Crippen MR) is 84.8 cm³/mol. The van der Waals surface area contributed by atoms with Crippen LogP contribution in [0.4, 0.5) is 0 Å². The van der Waals surface area contributed by atoms with Crippen LogP contribution >= 0.6 is 0 Å². The summed E-state index contributed by atoms with van der Waals surface area (Å²) in [4.78, 5) is 17.3. The van der Waals surface area contributed by atoms with Gasteiger partial charge in [-0.1, -0.05) is 26.2 Å². The second-order valence-electron chi connectivity index (χ2n) is 7.18. The molecule has 1 saturated heterocycles. The van der Waals surface area contributed by atoms with Crippen LogP contribution in [0.2, 0.25) is 0 Å². The number of carbonyl (C=O) groups excluding carboxylic acids is 1. The summed E-state index contributed by atoms with van der Waals surface area (Å²) in [6.07, 6.45) is 7.64. The SMILES string of the molecule is CCCC(CN)N1CCN(C(=O)C2C3CCCCC32)CC1. The van der Waals surface area contributed by atoms with E-state index in [9.17, 15) is 4.79 Å². The van der Waals surface area contributed by atoms with Crippen LogP contribution in [0.3, 0.4) is 0 Å². The van der Waals surface area contributed by atoms with Crippen molar-refractivity contribution in [2.45, 2.75) is 51.5 Å². The van der Waals surface area contributed by atoms with Crippen LogP contribution in [-0.4, -0.2) is 54.5 Å². The Bertz CT molecular complexity index is 353. The maximum Gasteiger partial charge on any atom is 0.226 e. The van der Waals surface area contributed by atoms with Crippen molar-refractivity contribution in [3.05, 3.63) is 0 Å². The molecule has 2 aliphatic carbocycles. The highest BCUT2D eigenvalue weighted by molar-refractivity contribution is 5.82. The summed E-state index contributed by atoms with van der Waals surface area (Å²) >= 11 is 0. The van der Waals surface area contributed by atoms with Crippen molar-refractivity contribution < 1.29 is 4.79 Å². The van der Waals surface area contributed by atoms with Crippen molar-refractivity contribution in [1.29, 1.82) is 0 Å². The number of carbonyl (C=O) groups is 1. The summed E-state index contributed by atoms with van der Waals surface area (Å²) in [5.41, 5.74) is 5.90. The van der Waals surface area contributed by atoms with E-state index in [0.29, 0.717) is 17.9 Å². The fourth-order valence-electron chi connectivity index (χ4n) is 4.66. The minimum atomic E-state index is 0.389. The van der Waals surface area contributed by atoms with Crippen molar-refractivity contribution in [2.24, 2.45) is 23.5 Å². The van der Waals surface area contributed by atoms with Crippen molar-refractivity contribution in [3.63, 3.8) is 0 Å². The van der Waals surface area contributed by atoms with Crippen molar-refractivity contribution in [2.75, 3.05) is 32.7 Å². The highest BCUT2D eigenvalue weighted by Crippen LogP contribution is 2.56. The summed E-state index contributed by atoms with van der Waals surface area (Å²) in [7, 11) is 0. The predicted octanol–water partition coefficient (Wildman–Crippen LogP) is 1.69. The zero-order chi connectivity index (χ0) is 14.8. The average molecular weight is 293 g/mol. The van der Waals surface area contributed by atoms with E-state index in [0.717, 1.165) is 44.6 Å². The van der Waals surface area contributed by atoms with E-state index in [-0.39, 0.29) is 0 Å². The first kappa shape index (κ1) is 15.3. The van der Waals surface area contributed by atoms with E-state index < -0.39 is 0 Å². The molecule has 3 atom stereocenters. The molecule has 0 aromatic heterocycles. The largest absolute Gasteiger partial charge is 0.340 e. The summed E-state index contributed by atoms with van der Waals surface area (Å²) < 4.78 is 0. The maximum atomic E-state index is 12.7. The zero-order valence-electron chi connectivity index (χ0n) is 13.5.